The van der Waals surface area contributed by atoms with Gasteiger partial charge in [-0.15, -0.1) is 0 Å². The number of fused-ring (bicyclic) bond motifs is 6. The van der Waals surface area contributed by atoms with Gasteiger partial charge in [0.15, 0.2) is 0 Å². The van der Waals surface area contributed by atoms with Gasteiger partial charge < -0.3 is 9.47 Å². The van der Waals surface area contributed by atoms with Crippen LogP contribution in [0.5, 0.6) is 0 Å². The van der Waals surface area contributed by atoms with E-state index in [0.717, 1.165) is 22.7 Å². The number of anilines is 3. The molecule has 2 heteroatoms. The van der Waals surface area contributed by atoms with Crippen molar-refractivity contribution >= 4 is 71.2 Å². The Kier molecular flexibility index (Phi) is 6.53. The van der Waals surface area contributed by atoms with Crippen LogP contribution in [0.1, 0.15) is 0 Å². The molecule has 10 aromatic rings. The Morgan fingerprint density at radius 2 is 0.880 bits per heavy atom. The first-order chi connectivity index (χ1) is 24.8. The number of hydrogen-bond acceptors (Lipinski definition) is 1. The fraction of sp³-hybridized carbons (Fsp3) is 0. The van der Waals surface area contributed by atoms with Gasteiger partial charge in [0.1, 0.15) is 0 Å². The van der Waals surface area contributed by atoms with Crippen LogP contribution in [0.4, 0.5) is 17.1 Å². The third kappa shape index (κ3) is 4.65. The summed E-state index contributed by atoms with van der Waals surface area (Å²) in [6.07, 6.45) is 0. The quantitative estimate of drug-likeness (QED) is 0.182. The fourth-order valence-corrected chi connectivity index (χ4v) is 7.74. The van der Waals surface area contributed by atoms with Crippen LogP contribution in [0.25, 0.3) is 70.9 Å². The lowest BCUT2D eigenvalue weighted by Gasteiger charge is -2.27. The molecule has 0 aliphatic rings. The lowest BCUT2D eigenvalue weighted by atomic mass is 9.97. The van der Waals surface area contributed by atoms with Crippen molar-refractivity contribution in [1.29, 1.82) is 0 Å². The minimum absolute atomic E-state index is 1.11. The van der Waals surface area contributed by atoms with Crippen molar-refractivity contribution in [3.05, 3.63) is 194 Å². The maximum absolute atomic E-state index is 2.42. The van der Waals surface area contributed by atoms with Gasteiger partial charge in [0.2, 0.25) is 0 Å². The summed E-state index contributed by atoms with van der Waals surface area (Å²) in [6, 6.07) is 70.6. The van der Waals surface area contributed by atoms with Gasteiger partial charge in [-0.3, -0.25) is 0 Å². The summed E-state index contributed by atoms with van der Waals surface area (Å²) in [6.45, 7) is 0. The molecule has 9 aromatic carbocycles. The molecular formula is C48H32N2. The second-order valence-electron chi connectivity index (χ2n) is 13.0. The van der Waals surface area contributed by atoms with E-state index in [4.69, 9.17) is 0 Å². The molecule has 0 radical (unpaired) electrons. The van der Waals surface area contributed by atoms with Crippen molar-refractivity contribution in [2.24, 2.45) is 0 Å². The molecule has 234 valence electrons. The van der Waals surface area contributed by atoms with E-state index in [0.29, 0.717) is 0 Å². The number of benzene rings is 9. The summed E-state index contributed by atoms with van der Waals surface area (Å²) in [5.41, 5.74) is 9.33. The number of hydrogen-bond donors (Lipinski definition) is 0. The molecule has 0 saturated heterocycles. The Morgan fingerprint density at radius 1 is 0.340 bits per heavy atom. The highest BCUT2D eigenvalue weighted by molar-refractivity contribution is 6.18. The second kappa shape index (κ2) is 11.5. The van der Waals surface area contributed by atoms with Gasteiger partial charge in [-0.1, -0.05) is 127 Å². The molecule has 0 bridgehead atoms. The predicted molar refractivity (Wildman–Crippen MR) is 213 cm³/mol. The van der Waals surface area contributed by atoms with Gasteiger partial charge in [0.05, 0.1) is 11.0 Å². The first kappa shape index (κ1) is 28.4. The van der Waals surface area contributed by atoms with E-state index in [1.165, 1.54) is 65.3 Å². The van der Waals surface area contributed by atoms with E-state index in [1.54, 1.807) is 0 Å². The fourth-order valence-electron chi connectivity index (χ4n) is 7.74. The lowest BCUT2D eigenvalue weighted by molar-refractivity contribution is 1.18. The highest BCUT2D eigenvalue weighted by atomic mass is 15.1. The van der Waals surface area contributed by atoms with Crippen molar-refractivity contribution in [3.8, 4) is 16.8 Å². The van der Waals surface area contributed by atoms with E-state index in [2.05, 4.69) is 204 Å². The average molecular weight is 637 g/mol. The molecule has 0 amide bonds. The van der Waals surface area contributed by atoms with Crippen LogP contribution >= 0.6 is 0 Å². The topological polar surface area (TPSA) is 8.17 Å². The van der Waals surface area contributed by atoms with Crippen molar-refractivity contribution < 1.29 is 0 Å². The van der Waals surface area contributed by atoms with Crippen LogP contribution < -0.4 is 4.90 Å². The molecule has 0 N–H and O–H groups in total. The second-order valence-corrected chi connectivity index (χ2v) is 13.0. The lowest BCUT2D eigenvalue weighted by Crippen LogP contribution is -2.10. The molecule has 0 aliphatic carbocycles. The molecule has 0 saturated carbocycles. The number of nitrogens with zero attached hydrogens (tertiary/aromatic N) is 2. The first-order valence-electron chi connectivity index (χ1n) is 17.2. The molecular weight excluding hydrogens is 605 g/mol. The minimum Gasteiger partial charge on any atom is -0.310 e. The number of rotatable bonds is 5. The van der Waals surface area contributed by atoms with E-state index in [9.17, 15) is 0 Å². The molecule has 0 atom stereocenters. The smallest absolute Gasteiger partial charge is 0.0547 e. The molecule has 0 fully saturated rings. The van der Waals surface area contributed by atoms with Gasteiger partial charge >= 0.3 is 0 Å². The Labute approximate surface area is 290 Å². The molecule has 10 rings (SSSR count). The highest BCUT2D eigenvalue weighted by Gasteiger charge is 2.19. The third-order valence-electron chi connectivity index (χ3n) is 10.1. The van der Waals surface area contributed by atoms with Crippen LogP contribution in [0.3, 0.4) is 0 Å². The number of para-hydroxylation sites is 1. The standard InChI is InChI=1S/C48H32N2/c1-2-19-40(20-3-1)50-46-23-11-22-44(48(46)45-31-37-16-8-9-17-38(37)32-47(45)50)39-18-10-21-41(30-39)49(42-26-24-33-12-4-6-14-35(33)28-42)43-27-25-34-13-5-7-15-36(34)29-43/h1-32H. The summed E-state index contributed by atoms with van der Waals surface area (Å²) in [4.78, 5) is 2.39. The van der Waals surface area contributed by atoms with Gasteiger partial charge in [-0.25, -0.2) is 0 Å². The monoisotopic (exact) mass is 636 g/mol. The van der Waals surface area contributed by atoms with Crippen LogP contribution in [-0.4, -0.2) is 4.57 Å². The summed E-state index contributed by atoms with van der Waals surface area (Å²) < 4.78 is 2.42. The Balaban J connectivity index is 1.22. The predicted octanol–water partition coefficient (Wildman–Crippen LogP) is 13.4. The van der Waals surface area contributed by atoms with Gasteiger partial charge in [-0.2, -0.15) is 0 Å². The van der Waals surface area contributed by atoms with Gasteiger partial charge in [0.25, 0.3) is 0 Å². The van der Waals surface area contributed by atoms with E-state index in [1.807, 2.05) is 0 Å². The summed E-state index contributed by atoms with van der Waals surface area (Å²) in [5.74, 6) is 0. The van der Waals surface area contributed by atoms with Crippen molar-refractivity contribution in [3.63, 3.8) is 0 Å². The molecule has 0 spiro atoms. The van der Waals surface area contributed by atoms with E-state index < -0.39 is 0 Å². The van der Waals surface area contributed by atoms with Crippen LogP contribution in [0.2, 0.25) is 0 Å². The van der Waals surface area contributed by atoms with Crippen molar-refractivity contribution in [1.82, 2.24) is 4.57 Å². The Hall–Kier alpha value is -6.64. The molecule has 0 unspecified atom stereocenters. The third-order valence-corrected chi connectivity index (χ3v) is 10.1. The molecule has 2 nitrogen and oxygen atoms in total. The molecule has 1 heterocycles. The van der Waals surface area contributed by atoms with Crippen LogP contribution in [0, 0.1) is 0 Å². The molecule has 1 aromatic heterocycles. The molecule has 50 heavy (non-hydrogen) atoms. The van der Waals surface area contributed by atoms with E-state index >= 15 is 0 Å². The maximum Gasteiger partial charge on any atom is 0.0547 e. The zero-order valence-electron chi connectivity index (χ0n) is 27.4. The Bertz CT molecular complexity index is 2800. The first-order valence-corrected chi connectivity index (χ1v) is 17.2. The van der Waals surface area contributed by atoms with E-state index in [-0.39, 0.29) is 0 Å². The van der Waals surface area contributed by atoms with Crippen LogP contribution in [0.15, 0.2) is 194 Å². The zero-order valence-corrected chi connectivity index (χ0v) is 27.4. The van der Waals surface area contributed by atoms with Crippen molar-refractivity contribution in [2.75, 3.05) is 4.90 Å². The minimum atomic E-state index is 1.11. The Morgan fingerprint density at radius 3 is 1.54 bits per heavy atom. The van der Waals surface area contributed by atoms with Gasteiger partial charge in [0, 0.05) is 33.5 Å². The average Bonchev–Trinajstić information content (AvgIpc) is 3.50. The largest absolute Gasteiger partial charge is 0.310 e. The van der Waals surface area contributed by atoms with Crippen molar-refractivity contribution in [2.45, 2.75) is 0 Å². The highest BCUT2D eigenvalue weighted by Crippen LogP contribution is 2.43. The maximum atomic E-state index is 2.42. The number of aromatic nitrogens is 1. The summed E-state index contributed by atoms with van der Waals surface area (Å²) in [5, 5.41) is 9.91. The molecule has 0 aliphatic heterocycles. The summed E-state index contributed by atoms with van der Waals surface area (Å²) >= 11 is 0. The normalized spacial score (nSPS) is 11.6. The zero-order chi connectivity index (χ0) is 33.0. The van der Waals surface area contributed by atoms with Gasteiger partial charge in [-0.05, 0) is 110 Å². The summed E-state index contributed by atoms with van der Waals surface area (Å²) in [7, 11) is 0. The van der Waals surface area contributed by atoms with Crippen LogP contribution in [-0.2, 0) is 0 Å². The SMILES string of the molecule is c1ccc(-n2c3cc4ccccc4cc3c3c(-c4cccc(N(c5ccc6ccccc6c5)c5ccc6ccccc6c5)c4)cccc32)cc1.